The standard InChI is InChI=1S/C9H21O2Si.ClH.Mg/c1-6-7-12(10-8(2)3)11-9(4)5;;/h8-9,12H,1,6-7H2,2-5H3;1H;/q-1;;+2/p-1. The summed E-state index contributed by atoms with van der Waals surface area (Å²) in [6.07, 6.45) is 1.48. The van der Waals surface area contributed by atoms with Crippen molar-refractivity contribution in [2.24, 2.45) is 0 Å². The Kier molecular flexibility index (Phi) is 18.0. The monoisotopic (exact) mass is 248 g/mol. The molecule has 2 nitrogen and oxygen atoms in total. The molecule has 0 heterocycles. The molecule has 14 heavy (non-hydrogen) atoms. The second kappa shape index (κ2) is 12.3. The first-order valence-corrected chi connectivity index (χ1v) is 6.42. The van der Waals surface area contributed by atoms with Crippen LogP contribution in [-0.4, -0.2) is 44.5 Å². The van der Waals surface area contributed by atoms with Gasteiger partial charge in [0.1, 0.15) is 0 Å². The van der Waals surface area contributed by atoms with Crippen LogP contribution in [0.3, 0.4) is 0 Å². The molecule has 0 radical (unpaired) electrons. The average molecular weight is 249 g/mol. The molecule has 0 unspecified atom stereocenters. The largest absolute Gasteiger partial charge is 2.00 e. The second-order valence-electron chi connectivity index (χ2n) is 3.44. The normalized spacial score (nSPS) is 10.3. The van der Waals surface area contributed by atoms with Gasteiger partial charge in [-0.2, -0.15) is 6.42 Å². The summed E-state index contributed by atoms with van der Waals surface area (Å²) in [4.78, 5) is 0. The molecule has 0 spiro atoms. The van der Waals surface area contributed by atoms with E-state index in [2.05, 4.69) is 6.92 Å². The molecule has 5 heteroatoms. The maximum Gasteiger partial charge on any atom is 2.00 e. The van der Waals surface area contributed by atoms with Crippen LogP contribution in [0.5, 0.6) is 0 Å². The van der Waals surface area contributed by atoms with E-state index in [0.29, 0.717) is 0 Å². The Morgan fingerprint density at radius 3 is 1.64 bits per heavy atom. The first-order valence-electron chi connectivity index (χ1n) is 4.66. The van der Waals surface area contributed by atoms with Gasteiger partial charge in [-0.25, -0.2) is 0 Å². The molecule has 0 aromatic heterocycles. The number of hydrogen-bond acceptors (Lipinski definition) is 2. The first kappa shape index (κ1) is 20.6. The van der Waals surface area contributed by atoms with Crippen molar-refractivity contribution in [1.29, 1.82) is 0 Å². The van der Waals surface area contributed by atoms with Crippen LogP contribution in [0.2, 0.25) is 6.04 Å². The second-order valence-corrected chi connectivity index (χ2v) is 5.42. The minimum atomic E-state index is -1.41. The van der Waals surface area contributed by atoms with Crippen molar-refractivity contribution in [1.82, 2.24) is 0 Å². The molecule has 0 saturated heterocycles. The van der Waals surface area contributed by atoms with Crippen molar-refractivity contribution in [3.63, 3.8) is 0 Å². The summed E-state index contributed by atoms with van der Waals surface area (Å²) in [7, 11) is -1.41. The van der Waals surface area contributed by atoms with Crippen molar-refractivity contribution in [2.75, 3.05) is 0 Å². The average Bonchev–Trinajstić information content (AvgIpc) is 1.84. The molecular weight excluding hydrogens is 228 g/mol. The third-order valence-electron chi connectivity index (χ3n) is 1.29. The van der Waals surface area contributed by atoms with Gasteiger partial charge in [0.25, 0.3) is 0 Å². The van der Waals surface area contributed by atoms with Gasteiger partial charge in [-0.15, -0.1) is 0 Å². The Balaban J connectivity index is -0.000000605. The number of hydrogen-bond donors (Lipinski definition) is 0. The maximum atomic E-state index is 5.68. The third kappa shape index (κ3) is 13.2. The van der Waals surface area contributed by atoms with Crippen molar-refractivity contribution in [3.8, 4) is 0 Å². The van der Waals surface area contributed by atoms with Crippen LogP contribution < -0.4 is 12.4 Å². The quantitative estimate of drug-likeness (QED) is 0.439. The molecule has 0 aromatic rings. The van der Waals surface area contributed by atoms with Crippen molar-refractivity contribution >= 4 is 32.3 Å². The van der Waals surface area contributed by atoms with Crippen LogP contribution in [-0.2, 0) is 8.85 Å². The molecule has 0 aromatic carbocycles. The van der Waals surface area contributed by atoms with Crippen LogP contribution in [0.4, 0.5) is 0 Å². The van der Waals surface area contributed by atoms with Crippen LogP contribution >= 0.6 is 0 Å². The third-order valence-corrected chi connectivity index (χ3v) is 3.86. The van der Waals surface area contributed by atoms with E-state index < -0.39 is 9.28 Å². The Morgan fingerprint density at radius 1 is 1.07 bits per heavy atom. The smallest absolute Gasteiger partial charge is 1.00 e. The molecule has 0 saturated carbocycles. The molecule has 0 aliphatic carbocycles. The maximum absolute atomic E-state index is 5.68. The van der Waals surface area contributed by atoms with Gasteiger partial charge in [-0.1, -0.05) is 0 Å². The van der Waals surface area contributed by atoms with E-state index in [-0.39, 0.29) is 47.7 Å². The SMILES string of the molecule is [CH2-]CC[SiH](OC(C)C)OC(C)C.[Cl-].[Mg+2]. The van der Waals surface area contributed by atoms with E-state index in [1.807, 2.05) is 27.7 Å². The minimum Gasteiger partial charge on any atom is -1.00 e. The number of rotatable bonds is 6. The van der Waals surface area contributed by atoms with E-state index >= 15 is 0 Å². The minimum absolute atomic E-state index is 0. The molecule has 0 amide bonds. The van der Waals surface area contributed by atoms with E-state index in [9.17, 15) is 0 Å². The van der Waals surface area contributed by atoms with Crippen molar-refractivity contribution in [3.05, 3.63) is 6.92 Å². The van der Waals surface area contributed by atoms with Crippen LogP contribution in [0.15, 0.2) is 0 Å². The Hall–Kier alpha value is 1.19. The van der Waals surface area contributed by atoms with E-state index in [1.54, 1.807) is 0 Å². The summed E-state index contributed by atoms with van der Waals surface area (Å²) < 4.78 is 11.4. The molecule has 0 aliphatic heterocycles. The Labute approximate surface area is 113 Å². The Morgan fingerprint density at radius 2 is 1.43 bits per heavy atom. The summed E-state index contributed by atoms with van der Waals surface area (Å²) in [6, 6.07) is 1.01. The predicted octanol–water partition coefficient (Wildman–Crippen LogP) is -1.10. The van der Waals surface area contributed by atoms with Gasteiger partial charge in [0, 0.05) is 12.2 Å². The topological polar surface area (TPSA) is 18.5 Å². The molecule has 82 valence electrons. The van der Waals surface area contributed by atoms with Gasteiger partial charge in [-0.05, 0) is 33.7 Å². The van der Waals surface area contributed by atoms with Gasteiger partial charge < -0.3 is 28.2 Å². The van der Waals surface area contributed by atoms with Gasteiger partial charge in [0.05, 0.1) is 0 Å². The summed E-state index contributed by atoms with van der Waals surface area (Å²) >= 11 is 0. The molecule has 0 atom stereocenters. The van der Waals surface area contributed by atoms with Gasteiger partial charge in [0.15, 0.2) is 0 Å². The molecular formula is C9H21ClMgO2Si. The fraction of sp³-hybridized carbons (Fsp3) is 0.889. The zero-order chi connectivity index (χ0) is 9.56. The van der Waals surface area contributed by atoms with E-state index in [1.165, 1.54) is 0 Å². The molecule has 0 bridgehead atoms. The molecule has 0 rings (SSSR count). The zero-order valence-electron chi connectivity index (χ0n) is 9.75. The van der Waals surface area contributed by atoms with Crippen LogP contribution in [0, 0.1) is 6.92 Å². The van der Waals surface area contributed by atoms with E-state index in [0.717, 1.165) is 12.5 Å². The fourth-order valence-electron chi connectivity index (χ4n) is 0.942. The van der Waals surface area contributed by atoms with Crippen molar-refractivity contribution in [2.45, 2.75) is 52.4 Å². The van der Waals surface area contributed by atoms with Gasteiger partial charge in [0.2, 0.25) is 0 Å². The van der Waals surface area contributed by atoms with Crippen molar-refractivity contribution < 1.29 is 21.3 Å². The number of halogens is 1. The summed E-state index contributed by atoms with van der Waals surface area (Å²) in [5.74, 6) is 0. The van der Waals surface area contributed by atoms with Gasteiger partial charge >= 0.3 is 32.3 Å². The summed E-state index contributed by atoms with van der Waals surface area (Å²) in [5, 5.41) is 0. The van der Waals surface area contributed by atoms with Gasteiger partial charge in [-0.3, -0.25) is 0 Å². The Bertz CT molecular complexity index is 105. The first-order chi connectivity index (χ1) is 5.56. The molecule has 0 fully saturated rings. The molecule has 0 N–H and O–H groups in total. The zero-order valence-corrected chi connectivity index (χ0v) is 13.1. The van der Waals surface area contributed by atoms with Crippen LogP contribution in [0.1, 0.15) is 34.1 Å². The summed E-state index contributed by atoms with van der Waals surface area (Å²) in [6.45, 7) is 12.0. The molecule has 0 aliphatic rings. The van der Waals surface area contributed by atoms with Crippen LogP contribution in [0.25, 0.3) is 0 Å². The van der Waals surface area contributed by atoms with E-state index in [4.69, 9.17) is 8.85 Å². The predicted molar refractivity (Wildman–Crippen MR) is 60.1 cm³/mol. The summed E-state index contributed by atoms with van der Waals surface area (Å²) in [5.41, 5.74) is 0. The fourth-order valence-corrected chi connectivity index (χ4v) is 2.83.